The molecule has 5 heteroatoms. The smallest absolute Gasteiger partial charge is 0.324 e. The molecule has 2 bridgehead atoms. The van der Waals surface area contributed by atoms with Gasteiger partial charge in [0.05, 0.1) is 0 Å². The van der Waals surface area contributed by atoms with Gasteiger partial charge in [0, 0.05) is 18.5 Å². The molecule has 0 aromatic heterocycles. The maximum atomic E-state index is 12.1. The monoisotopic (exact) mass is 300 g/mol. The summed E-state index contributed by atoms with van der Waals surface area (Å²) in [6, 6.07) is 0. The summed E-state index contributed by atoms with van der Waals surface area (Å²) in [6.45, 7) is 0. The molecule has 0 aromatic carbocycles. The maximum absolute atomic E-state index is 12.1. The zero-order valence-electron chi connectivity index (χ0n) is 11.9. The van der Waals surface area contributed by atoms with Crippen molar-refractivity contribution >= 4 is 13.4 Å². The lowest BCUT2D eigenvalue weighted by molar-refractivity contribution is -0.123. The van der Waals surface area contributed by atoms with Gasteiger partial charge in [-0.1, -0.05) is 31.4 Å². The second-order valence-electron chi connectivity index (χ2n) is 6.26. The Bertz CT molecular complexity index is 412. The predicted octanol–water partition coefficient (Wildman–Crippen LogP) is 3.29. The van der Waals surface area contributed by atoms with Gasteiger partial charge in [-0.05, 0) is 37.5 Å². The third kappa shape index (κ3) is 4.83. The normalized spacial score (nSPS) is 28.2. The maximum Gasteiger partial charge on any atom is 0.325 e. The largest absolute Gasteiger partial charge is 0.325 e. The molecule has 0 heterocycles. The van der Waals surface area contributed by atoms with Gasteiger partial charge >= 0.3 is 7.60 Å². The van der Waals surface area contributed by atoms with Crippen molar-refractivity contribution in [2.75, 3.05) is 6.16 Å². The van der Waals surface area contributed by atoms with E-state index >= 15 is 0 Å². The molecule has 0 saturated heterocycles. The third-order valence-corrected chi connectivity index (χ3v) is 5.46. The molecule has 0 radical (unpaired) electrons. The number of carbonyl (C=O) groups is 1. The molecule has 20 heavy (non-hydrogen) atoms. The van der Waals surface area contributed by atoms with Gasteiger partial charge < -0.3 is 9.79 Å². The van der Waals surface area contributed by atoms with Crippen LogP contribution in [0.5, 0.6) is 0 Å². The summed E-state index contributed by atoms with van der Waals surface area (Å²) in [4.78, 5) is 29.6. The highest BCUT2D eigenvalue weighted by Crippen LogP contribution is 2.44. The van der Waals surface area contributed by atoms with Crippen LogP contribution < -0.4 is 0 Å². The van der Waals surface area contributed by atoms with Crippen molar-refractivity contribution < 1.29 is 19.1 Å². The van der Waals surface area contributed by atoms with Crippen LogP contribution in [0.25, 0.3) is 0 Å². The van der Waals surface area contributed by atoms with Gasteiger partial charge in [-0.2, -0.15) is 0 Å². The fraction of sp³-hybridized carbons (Fsp3) is 0.800. The Kier molecular flexibility index (Phi) is 5.59. The molecule has 2 N–H and O–H groups in total. The quantitative estimate of drug-likeness (QED) is 0.389. The number of unbranched alkanes of at least 4 members (excludes halogenated alkanes) is 4. The Morgan fingerprint density at radius 3 is 2.35 bits per heavy atom. The molecule has 3 unspecified atom stereocenters. The number of fused-ring (bicyclic) bond motifs is 2. The standard InChI is InChI=1S/C15H25O4P/c16-15(14-11-12-7-8-13(14)10-12)6-4-2-1-3-5-9-20(17,18)19/h7-8,12-14H,1-6,9-11H2,(H2,17,18,19). The van der Waals surface area contributed by atoms with E-state index in [4.69, 9.17) is 9.79 Å². The molecule has 2 rings (SSSR count). The molecule has 2 aliphatic carbocycles. The minimum atomic E-state index is -3.82. The number of Topliss-reactive ketones (excluding diaryl/α,β-unsaturated/α-hetero) is 1. The Morgan fingerprint density at radius 1 is 1.05 bits per heavy atom. The van der Waals surface area contributed by atoms with Gasteiger partial charge in [0.2, 0.25) is 0 Å². The number of hydrogen-bond donors (Lipinski definition) is 2. The van der Waals surface area contributed by atoms with E-state index in [0.29, 0.717) is 30.5 Å². The first-order valence-corrected chi connectivity index (χ1v) is 9.51. The summed E-state index contributed by atoms with van der Waals surface area (Å²) in [5, 5.41) is 0. The molecular weight excluding hydrogens is 275 g/mol. The van der Waals surface area contributed by atoms with Gasteiger partial charge in [-0.25, -0.2) is 0 Å². The highest BCUT2D eigenvalue weighted by atomic mass is 31.2. The number of allylic oxidation sites excluding steroid dienone is 2. The van der Waals surface area contributed by atoms with Crippen molar-refractivity contribution in [3.05, 3.63) is 12.2 Å². The molecule has 0 aromatic rings. The average Bonchev–Trinajstić information content (AvgIpc) is 2.98. The fourth-order valence-corrected chi connectivity index (χ4v) is 4.12. The second kappa shape index (κ2) is 7.02. The fourth-order valence-electron chi connectivity index (χ4n) is 3.48. The predicted molar refractivity (Wildman–Crippen MR) is 78.5 cm³/mol. The summed E-state index contributed by atoms with van der Waals surface area (Å²) in [6.07, 6.45) is 11.7. The summed E-state index contributed by atoms with van der Waals surface area (Å²) in [7, 11) is -3.82. The zero-order valence-corrected chi connectivity index (χ0v) is 12.8. The van der Waals surface area contributed by atoms with Crippen molar-refractivity contribution in [2.45, 2.75) is 51.4 Å². The number of hydrogen-bond acceptors (Lipinski definition) is 2. The van der Waals surface area contributed by atoms with E-state index in [1.165, 1.54) is 6.42 Å². The average molecular weight is 300 g/mol. The van der Waals surface area contributed by atoms with Crippen LogP contribution in [0.3, 0.4) is 0 Å². The molecular formula is C15H25O4P. The van der Waals surface area contributed by atoms with Gasteiger partial charge in [-0.3, -0.25) is 9.36 Å². The lowest BCUT2D eigenvalue weighted by Gasteiger charge is -2.16. The summed E-state index contributed by atoms with van der Waals surface area (Å²) in [5.41, 5.74) is 0. The summed E-state index contributed by atoms with van der Waals surface area (Å²) >= 11 is 0. The lowest BCUT2D eigenvalue weighted by atomic mass is 9.87. The van der Waals surface area contributed by atoms with E-state index < -0.39 is 7.60 Å². The van der Waals surface area contributed by atoms with Gasteiger partial charge in [-0.15, -0.1) is 0 Å². The van der Waals surface area contributed by atoms with Crippen molar-refractivity contribution in [2.24, 2.45) is 17.8 Å². The van der Waals surface area contributed by atoms with Gasteiger partial charge in [0.1, 0.15) is 5.78 Å². The highest BCUT2D eigenvalue weighted by Gasteiger charge is 2.38. The Balaban J connectivity index is 1.50. The summed E-state index contributed by atoms with van der Waals surface area (Å²) in [5.74, 6) is 1.87. The minimum absolute atomic E-state index is 0.0105. The van der Waals surface area contributed by atoms with Crippen LogP contribution in [0.1, 0.15) is 51.4 Å². The van der Waals surface area contributed by atoms with Crippen LogP contribution in [-0.4, -0.2) is 21.7 Å². The molecule has 3 atom stereocenters. The Labute approximate surface area is 120 Å². The van der Waals surface area contributed by atoms with E-state index in [0.717, 1.165) is 32.1 Å². The SMILES string of the molecule is O=C(CCCCCCCP(=O)(O)O)C1CC2C=CC1C2. The van der Waals surface area contributed by atoms with Crippen molar-refractivity contribution in [3.63, 3.8) is 0 Å². The first-order chi connectivity index (χ1) is 9.46. The van der Waals surface area contributed by atoms with Gasteiger partial charge in [0.15, 0.2) is 0 Å². The van der Waals surface area contributed by atoms with E-state index in [2.05, 4.69) is 12.2 Å². The first-order valence-electron chi connectivity index (χ1n) is 7.71. The van der Waals surface area contributed by atoms with Crippen LogP contribution in [0, 0.1) is 17.8 Å². The van der Waals surface area contributed by atoms with Crippen molar-refractivity contribution in [1.29, 1.82) is 0 Å². The van der Waals surface area contributed by atoms with E-state index in [9.17, 15) is 9.36 Å². The Hall–Kier alpha value is -0.440. The van der Waals surface area contributed by atoms with Crippen LogP contribution in [-0.2, 0) is 9.36 Å². The molecule has 1 fully saturated rings. The number of rotatable bonds is 9. The van der Waals surface area contributed by atoms with Crippen LogP contribution in [0.15, 0.2) is 12.2 Å². The molecule has 114 valence electrons. The highest BCUT2D eigenvalue weighted by molar-refractivity contribution is 7.51. The molecule has 0 spiro atoms. The molecule has 1 saturated carbocycles. The van der Waals surface area contributed by atoms with E-state index in [1.807, 2.05) is 0 Å². The zero-order chi connectivity index (χ0) is 14.6. The molecule has 0 aliphatic heterocycles. The Morgan fingerprint density at radius 2 is 1.75 bits per heavy atom. The first kappa shape index (κ1) is 15.9. The van der Waals surface area contributed by atoms with Crippen LogP contribution >= 0.6 is 7.60 Å². The lowest BCUT2D eigenvalue weighted by Crippen LogP contribution is -2.18. The van der Waals surface area contributed by atoms with Crippen molar-refractivity contribution in [1.82, 2.24) is 0 Å². The molecule has 2 aliphatic rings. The topological polar surface area (TPSA) is 74.6 Å². The van der Waals surface area contributed by atoms with E-state index in [1.54, 1.807) is 0 Å². The molecule has 4 nitrogen and oxygen atoms in total. The molecule has 0 amide bonds. The number of carbonyl (C=O) groups excluding carboxylic acids is 1. The van der Waals surface area contributed by atoms with Crippen LogP contribution in [0.2, 0.25) is 0 Å². The van der Waals surface area contributed by atoms with Gasteiger partial charge in [0.25, 0.3) is 0 Å². The minimum Gasteiger partial charge on any atom is -0.324 e. The summed E-state index contributed by atoms with van der Waals surface area (Å²) < 4.78 is 10.7. The van der Waals surface area contributed by atoms with Crippen LogP contribution in [0.4, 0.5) is 0 Å². The number of ketones is 1. The van der Waals surface area contributed by atoms with E-state index in [-0.39, 0.29) is 12.1 Å². The second-order valence-corrected chi connectivity index (χ2v) is 8.04. The van der Waals surface area contributed by atoms with Crippen molar-refractivity contribution in [3.8, 4) is 0 Å². The third-order valence-electron chi connectivity index (χ3n) is 4.57.